The van der Waals surface area contributed by atoms with Crippen LogP contribution >= 0.6 is 0 Å². The molecule has 0 fully saturated rings. The summed E-state index contributed by atoms with van der Waals surface area (Å²) in [5.41, 5.74) is 2.57. The normalized spacial score (nSPS) is 10.7. The fourth-order valence-corrected chi connectivity index (χ4v) is 2.51. The van der Waals surface area contributed by atoms with E-state index in [2.05, 4.69) is 20.6 Å². The van der Waals surface area contributed by atoms with Crippen LogP contribution in [-0.4, -0.2) is 25.9 Å². The third kappa shape index (κ3) is 3.23. The predicted molar refractivity (Wildman–Crippen MR) is 96.0 cm³/mol. The minimum Gasteiger partial charge on any atom is -0.421 e. The maximum Gasteiger partial charge on any atom is 0.276 e. The summed E-state index contributed by atoms with van der Waals surface area (Å²) in [6.45, 7) is 1.73. The van der Waals surface area contributed by atoms with Crippen molar-refractivity contribution in [1.82, 2.24) is 20.0 Å². The number of para-hydroxylation sites is 1. The molecule has 0 aliphatic heterocycles. The van der Waals surface area contributed by atoms with Gasteiger partial charge in [0.2, 0.25) is 11.8 Å². The first-order valence-electron chi connectivity index (χ1n) is 8.02. The second kappa shape index (κ2) is 6.64. The van der Waals surface area contributed by atoms with Crippen molar-refractivity contribution in [2.45, 2.75) is 6.92 Å². The molecule has 2 aromatic heterocycles. The van der Waals surface area contributed by atoms with E-state index in [0.717, 1.165) is 11.3 Å². The van der Waals surface area contributed by atoms with E-state index in [1.54, 1.807) is 36.0 Å². The highest BCUT2D eigenvalue weighted by Gasteiger charge is 2.12. The molecule has 7 heteroatoms. The lowest BCUT2D eigenvalue weighted by Crippen LogP contribution is -2.13. The average molecular weight is 345 g/mol. The molecule has 0 atom stereocenters. The number of aryl methyl sites for hydroxylation is 1. The Labute approximate surface area is 149 Å². The van der Waals surface area contributed by atoms with E-state index in [-0.39, 0.29) is 5.91 Å². The van der Waals surface area contributed by atoms with Crippen molar-refractivity contribution in [1.29, 1.82) is 0 Å². The molecule has 0 bridgehead atoms. The van der Waals surface area contributed by atoms with Gasteiger partial charge in [-0.2, -0.15) is 5.10 Å². The van der Waals surface area contributed by atoms with Crippen LogP contribution < -0.4 is 5.32 Å². The van der Waals surface area contributed by atoms with Gasteiger partial charge >= 0.3 is 0 Å². The van der Waals surface area contributed by atoms with Crippen LogP contribution in [0.5, 0.6) is 0 Å². The maximum atomic E-state index is 12.5. The Balaban J connectivity index is 1.53. The van der Waals surface area contributed by atoms with Gasteiger partial charge in [0.1, 0.15) is 0 Å². The Kier molecular flexibility index (Phi) is 4.03. The number of carbonyl (C=O) groups is 1. The third-order valence-electron chi connectivity index (χ3n) is 3.74. The van der Waals surface area contributed by atoms with Crippen LogP contribution in [0.1, 0.15) is 16.4 Å². The molecule has 4 aromatic rings. The molecule has 26 heavy (non-hydrogen) atoms. The molecule has 2 heterocycles. The number of aromatic nitrogens is 4. The summed E-state index contributed by atoms with van der Waals surface area (Å²) in [7, 11) is 0. The zero-order valence-corrected chi connectivity index (χ0v) is 14.0. The molecule has 1 N–H and O–H groups in total. The van der Waals surface area contributed by atoms with Gasteiger partial charge < -0.3 is 9.73 Å². The van der Waals surface area contributed by atoms with E-state index in [1.807, 2.05) is 42.5 Å². The first kappa shape index (κ1) is 15.8. The summed E-state index contributed by atoms with van der Waals surface area (Å²) in [4.78, 5) is 12.5. The van der Waals surface area contributed by atoms with E-state index in [9.17, 15) is 4.79 Å². The summed E-state index contributed by atoms with van der Waals surface area (Å²) in [6.07, 6.45) is 1.75. The van der Waals surface area contributed by atoms with Crippen molar-refractivity contribution in [3.63, 3.8) is 0 Å². The Hall–Kier alpha value is -3.74. The fraction of sp³-hybridized carbons (Fsp3) is 0.0526. The fourth-order valence-electron chi connectivity index (χ4n) is 2.51. The van der Waals surface area contributed by atoms with Gasteiger partial charge in [-0.1, -0.05) is 24.3 Å². The quantitative estimate of drug-likeness (QED) is 0.612. The second-order valence-electron chi connectivity index (χ2n) is 5.64. The van der Waals surface area contributed by atoms with Gasteiger partial charge in [0.15, 0.2) is 5.69 Å². The number of amides is 1. The summed E-state index contributed by atoms with van der Waals surface area (Å²) >= 11 is 0. The van der Waals surface area contributed by atoms with Crippen LogP contribution in [0.4, 0.5) is 5.69 Å². The molecule has 0 saturated heterocycles. The summed E-state index contributed by atoms with van der Waals surface area (Å²) in [5, 5.41) is 15.0. The largest absolute Gasteiger partial charge is 0.421 e. The first-order valence-corrected chi connectivity index (χ1v) is 8.02. The number of nitrogens with zero attached hydrogens (tertiary/aromatic N) is 4. The number of hydrogen-bond acceptors (Lipinski definition) is 5. The zero-order valence-electron chi connectivity index (χ0n) is 14.0. The number of nitrogens with one attached hydrogen (secondary N) is 1. The van der Waals surface area contributed by atoms with Gasteiger partial charge in [0.05, 0.1) is 5.69 Å². The second-order valence-corrected chi connectivity index (χ2v) is 5.64. The van der Waals surface area contributed by atoms with Crippen molar-refractivity contribution in [2.75, 3.05) is 5.32 Å². The van der Waals surface area contributed by atoms with Crippen molar-refractivity contribution in [2.24, 2.45) is 0 Å². The molecular weight excluding hydrogens is 330 g/mol. The minimum atomic E-state index is -0.293. The summed E-state index contributed by atoms with van der Waals surface area (Å²) < 4.78 is 7.08. The van der Waals surface area contributed by atoms with Gasteiger partial charge in [0.25, 0.3) is 5.91 Å². The van der Waals surface area contributed by atoms with Crippen LogP contribution in [0.3, 0.4) is 0 Å². The Bertz CT molecular complexity index is 1050. The highest BCUT2D eigenvalue weighted by Crippen LogP contribution is 2.21. The van der Waals surface area contributed by atoms with Crippen molar-refractivity contribution in [3.05, 3.63) is 78.4 Å². The molecule has 4 rings (SSSR count). The molecule has 1 amide bonds. The molecule has 0 aliphatic carbocycles. The number of hydrogen-bond donors (Lipinski definition) is 1. The zero-order chi connectivity index (χ0) is 17.9. The molecule has 0 saturated carbocycles. The Morgan fingerprint density at radius 1 is 1.04 bits per heavy atom. The van der Waals surface area contributed by atoms with Gasteiger partial charge in [-0.05, 0) is 36.4 Å². The van der Waals surface area contributed by atoms with E-state index < -0.39 is 0 Å². The van der Waals surface area contributed by atoms with Gasteiger partial charge in [0, 0.05) is 24.4 Å². The molecule has 0 spiro atoms. The van der Waals surface area contributed by atoms with E-state index in [1.165, 1.54) is 0 Å². The molecule has 2 aromatic carbocycles. The molecule has 0 unspecified atom stereocenters. The lowest BCUT2D eigenvalue weighted by Gasteiger charge is -2.04. The highest BCUT2D eigenvalue weighted by atomic mass is 16.4. The van der Waals surface area contributed by atoms with Gasteiger partial charge in [-0.25, -0.2) is 4.68 Å². The molecule has 7 nitrogen and oxygen atoms in total. The van der Waals surface area contributed by atoms with Crippen LogP contribution in [-0.2, 0) is 0 Å². The molecular formula is C19H15N5O2. The molecule has 0 aliphatic rings. The van der Waals surface area contributed by atoms with Crippen molar-refractivity contribution in [3.8, 4) is 17.1 Å². The topological polar surface area (TPSA) is 85.8 Å². The van der Waals surface area contributed by atoms with Gasteiger partial charge in [-0.15, -0.1) is 10.2 Å². The average Bonchev–Trinajstić information content (AvgIpc) is 3.32. The number of benzene rings is 2. The number of rotatable bonds is 4. The SMILES string of the molecule is Cc1nnc(-c2cccc(NC(=O)c3ccn(-c4ccccc4)n3)c2)o1. The van der Waals surface area contributed by atoms with Crippen molar-refractivity contribution >= 4 is 11.6 Å². The Morgan fingerprint density at radius 3 is 2.65 bits per heavy atom. The van der Waals surface area contributed by atoms with E-state index in [4.69, 9.17) is 4.42 Å². The van der Waals surface area contributed by atoms with Gasteiger partial charge in [-0.3, -0.25) is 4.79 Å². The predicted octanol–water partition coefficient (Wildman–Crippen LogP) is 3.48. The van der Waals surface area contributed by atoms with Crippen LogP contribution in [0.25, 0.3) is 17.1 Å². The minimum absolute atomic E-state index is 0.293. The summed E-state index contributed by atoms with van der Waals surface area (Å²) in [6, 6.07) is 18.5. The summed E-state index contributed by atoms with van der Waals surface area (Å²) in [5.74, 6) is 0.603. The lowest BCUT2D eigenvalue weighted by atomic mass is 10.2. The monoisotopic (exact) mass is 345 g/mol. The number of carbonyl (C=O) groups excluding carboxylic acids is 1. The van der Waals surface area contributed by atoms with Crippen LogP contribution in [0.15, 0.2) is 71.3 Å². The molecule has 128 valence electrons. The van der Waals surface area contributed by atoms with Crippen LogP contribution in [0, 0.1) is 6.92 Å². The van der Waals surface area contributed by atoms with Crippen LogP contribution in [0.2, 0.25) is 0 Å². The smallest absolute Gasteiger partial charge is 0.276 e. The van der Waals surface area contributed by atoms with E-state index >= 15 is 0 Å². The molecule has 0 radical (unpaired) electrons. The standard InChI is InChI=1S/C19H15N5O2/c1-13-21-22-19(26-13)14-6-5-7-15(12-14)20-18(25)17-10-11-24(23-17)16-8-3-2-4-9-16/h2-12H,1H3,(H,20,25). The lowest BCUT2D eigenvalue weighted by molar-refractivity contribution is 0.102. The third-order valence-corrected chi connectivity index (χ3v) is 3.74. The maximum absolute atomic E-state index is 12.5. The first-order chi connectivity index (χ1) is 12.7. The Morgan fingerprint density at radius 2 is 1.88 bits per heavy atom. The van der Waals surface area contributed by atoms with E-state index in [0.29, 0.717) is 23.2 Å². The number of anilines is 1. The highest BCUT2D eigenvalue weighted by molar-refractivity contribution is 6.03. The van der Waals surface area contributed by atoms with Crippen molar-refractivity contribution < 1.29 is 9.21 Å².